The number of nitrogens with zero attached hydrogens (tertiary/aromatic N) is 2. The summed E-state index contributed by atoms with van der Waals surface area (Å²) >= 11 is 0. The molecule has 7 heteroatoms. The number of aromatic hydroxyl groups is 1. The van der Waals surface area contributed by atoms with Crippen LogP contribution in [0.15, 0.2) is 59.7 Å². The van der Waals surface area contributed by atoms with Gasteiger partial charge < -0.3 is 9.84 Å². The van der Waals surface area contributed by atoms with Crippen LogP contribution in [0.1, 0.15) is 23.0 Å². The average Bonchev–Trinajstić information content (AvgIpc) is 3.14. The number of hydrogen-bond donors (Lipinski definition) is 3. The van der Waals surface area contributed by atoms with Crippen molar-refractivity contribution in [2.24, 2.45) is 5.10 Å². The molecule has 0 atom stereocenters. The molecule has 0 aliphatic rings. The Morgan fingerprint density at radius 1 is 1.27 bits per heavy atom. The Balaban J connectivity index is 1.65. The number of phenolic OH excluding ortho intramolecular Hbond substituents is 1. The van der Waals surface area contributed by atoms with E-state index in [9.17, 15) is 9.90 Å². The van der Waals surface area contributed by atoms with E-state index in [2.05, 4.69) is 20.7 Å². The molecule has 0 saturated heterocycles. The van der Waals surface area contributed by atoms with E-state index in [1.54, 1.807) is 30.3 Å². The smallest absolute Gasteiger partial charge is 0.289 e. The predicted octanol–water partition coefficient (Wildman–Crippen LogP) is 2.94. The molecule has 0 bridgehead atoms. The van der Waals surface area contributed by atoms with E-state index in [0.29, 0.717) is 17.9 Å². The standard InChI is InChI=1S/C19H18N4O3/c1-2-26-15-9-7-13(8-10-15)16-11-17(22-21-16)19(25)23-20-12-14-5-3-4-6-18(14)24/h3-12,24H,2H2,1H3,(H,21,22)(H,23,25)/b20-12-. The van der Waals surface area contributed by atoms with Crippen molar-refractivity contribution in [3.8, 4) is 22.8 Å². The van der Waals surface area contributed by atoms with Crippen LogP contribution >= 0.6 is 0 Å². The van der Waals surface area contributed by atoms with E-state index in [-0.39, 0.29) is 11.4 Å². The Kier molecular flexibility index (Phi) is 5.28. The Morgan fingerprint density at radius 3 is 2.77 bits per heavy atom. The monoisotopic (exact) mass is 350 g/mol. The zero-order chi connectivity index (χ0) is 18.4. The van der Waals surface area contributed by atoms with Gasteiger partial charge in [-0.15, -0.1) is 0 Å². The second-order valence-electron chi connectivity index (χ2n) is 5.38. The van der Waals surface area contributed by atoms with Gasteiger partial charge in [0.05, 0.1) is 18.5 Å². The van der Waals surface area contributed by atoms with E-state index in [1.165, 1.54) is 6.21 Å². The summed E-state index contributed by atoms with van der Waals surface area (Å²) in [6, 6.07) is 15.8. The van der Waals surface area contributed by atoms with E-state index in [1.807, 2.05) is 31.2 Å². The molecular weight excluding hydrogens is 332 g/mol. The van der Waals surface area contributed by atoms with Crippen molar-refractivity contribution in [1.82, 2.24) is 15.6 Å². The van der Waals surface area contributed by atoms with Crippen LogP contribution in [0.25, 0.3) is 11.3 Å². The lowest BCUT2D eigenvalue weighted by Crippen LogP contribution is -2.18. The number of ether oxygens (including phenoxy) is 1. The Bertz CT molecular complexity index is 917. The molecule has 0 fully saturated rings. The highest BCUT2D eigenvalue weighted by atomic mass is 16.5. The van der Waals surface area contributed by atoms with Crippen molar-refractivity contribution in [2.75, 3.05) is 6.61 Å². The van der Waals surface area contributed by atoms with Crippen LogP contribution in [0.5, 0.6) is 11.5 Å². The SMILES string of the molecule is CCOc1ccc(-c2cc(C(=O)N/N=C\c3ccccc3O)[nH]n2)cc1. The van der Waals surface area contributed by atoms with Crippen LogP contribution in [0.4, 0.5) is 0 Å². The van der Waals surface area contributed by atoms with Gasteiger partial charge in [-0.1, -0.05) is 12.1 Å². The number of phenols is 1. The number of aromatic amines is 1. The molecule has 0 aliphatic heterocycles. The molecule has 1 amide bonds. The minimum atomic E-state index is -0.429. The fourth-order valence-corrected chi connectivity index (χ4v) is 2.29. The Morgan fingerprint density at radius 2 is 2.04 bits per heavy atom. The third kappa shape index (κ3) is 4.07. The molecule has 26 heavy (non-hydrogen) atoms. The molecule has 1 aromatic heterocycles. The first-order valence-corrected chi connectivity index (χ1v) is 8.07. The average molecular weight is 350 g/mol. The van der Waals surface area contributed by atoms with E-state index >= 15 is 0 Å². The summed E-state index contributed by atoms with van der Waals surface area (Å²) in [7, 11) is 0. The van der Waals surface area contributed by atoms with Gasteiger partial charge in [-0.2, -0.15) is 10.2 Å². The Hall–Kier alpha value is -3.61. The molecule has 3 rings (SSSR count). The lowest BCUT2D eigenvalue weighted by atomic mass is 10.1. The highest BCUT2D eigenvalue weighted by Crippen LogP contribution is 2.21. The maximum Gasteiger partial charge on any atom is 0.289 e. The summed E-state index contributed by atoms with van der Waals surface area (Å²) in [6.07, 6.45) is 1.37. The first-order valence-electron chi connectivity index (χ1n) is 8.07. The molecule has 132 valence electrons. The van der Waals surface area contributed by atoms with Gasteiger partial charge in [0.15, 0.2) is 0 Å². The third-order valence-electron chi connectivity index (χ3n) is 3.59. The van der Waals surface area contributed by atoms with Crippen molar-refractivity contribution in [2.45, 2.75) is 6.92 Å². The number of para-hydroxylation sites is 1. The summed E-state index contributed by atoms with van der Waals surface area (Å²) in [5.74, 6) is 0.439. The van der Waals surface area contributed by atoms with Crippen LogP contribution in [-0.4, -0.2) is 34.0 Å². The predicted molar refractivity (Wildman–Crippen MR) is 98.4 cm³/mol. The summed E-state index contributed by atoms with van der Waals surface area (Å²) in [4.78, 5) is 12.1. The number of aromatic nitrogens is 2. The van der Waals surface area contributed by atoms with Crippen LogP contribution < -0.4 is 10.2 Å². The number of hydrogen-bond acceptors (Lipinski definition) is 5. The van der Waals surface area contributed by atoms with Gasteiger partial charge in [0.1, 0.15) is 17.2 Å². The molecule has 0 unspecified atom stereocenters. The number of benzene rings is 2. The number of nitrogens with one attached hydrogen (secondary N) is 2. The van der Waals surface area contributed by atoms with Crippen LogP contribution in [0, 0.1) is 0 Å². The second-order valence-corrected chi connectivity index (χ2v) is 5.38. The summed E-state index contributed by atoms with van der Waals surface area (Å²) in [6.45, 7) is 2.53. The number of rotatable bonds is 6. The van der Waals surface area contributed by atoms with Gasteiger partial charge in [-0.3, -0.25) is 9.89 Å². The lowest BCUT2D eigenvalue weighted by molar-refractivity contribution is 0.0950. The zero-order valence-corrected chi connectivity index (χ0v) is 14.1. The molecule has 0 saturated carbocycles. The third-order valence-corrected chi connectivity index (χ3v) is 3.59. The second kappa shape index (κ2) is 7.98. The molecule has 2 aromatic carbocycles. The van der Waals surface area contributed by atoms with Gasteiger partial charge in [-0.05, 0) is 49.4 Å². The van der Waals surface area contributed by atoms with E-state index in [4.69, 9.17) is 4.74 Å². The quantitative estimate of drug-likeness (QED) is 0.470. The van der Waals surface area contributed by atoms with Crippen molar-refractivity contribution in [3.05, 3.63) is 65.9 Å². The molecule has 1 heterocycles. The van der Waals surface area contributed by atoms with Crippen molar-refractivity contribution in [3.63, 3.8) is 0 Å². The van der Waals surface area contributed by atoms with Crippen LogP contribution in [0.2, 0.25) is 0 Å². The zero-order valence-electron chi connectivity index (χ0n) is 14.1. The molecule has 3 aromatic rings. The van der Waals surface area contributed by atoms with Crippen molar-refractivity contribution < 1.29 is 14.6 Å². The number of carbonyl (C=O) groups is 1. The fourth-order valence-electron chi connectivity index (χ4n) is 2.29. The number of carbonyl (C=O) groups excluding carboxylic acids is 1. The van der Waals surface area contributed by atoms with Gasteiger partial charge in [0.25, 0.3) is 5.91 Å². The maximum absolute atomic E-state index is 12.1. The molecule has 0 aliphatic carbocycles. The minimum Gasteiger partial charge on any atom is -0.507 e. The van der Waals surface area contributed by atoms with Crippen LogP contribution in [-0.2, 0) is 0 Å². The molecule has 7 nitrogen and oxygen atoms in total. The van der Waals surface area contributed by atoms with Gasteiger partial charge >= 0.3 is 0 Å². The Labute approximate surface area is 150 Å². The molecular formula is C19H18N4O3. The number of H-pyrrole nitrogens is 1. The lowest BCUT2D eigenvalue weighted by Gasteiger charge is -2.02. The fraction of sp³-hybridized carbons (Fsp3) is 0.105. The largest absolute Gasteiger partial charge is 0.507 e. The summed E-state index contributed by atoms with van der Waals surface area (Å²) in [5.41, 5.74) is 4.69. The van der Waals surface area contributed by atoms with Crippen molar-refractivity contribution >= 4 is 12.1 Å². The van der Waals surface area contributed by atoms with Gasteiger partial charge in [0, 0.05) is 11.1 Å². The summed E-state index contributed by atoms with van der Waals surface area (Å²) < 4.78 is 5.40. The minimum absolute atomic E-state index is 0.0878. The number of hydrazone groups is 1. The summed E-state index contributed by atoms with van der Waals surface area (Å²) in [5, 5.41) is 20.3. The highest BCUT2D eigenvalue weighted by molar-refractivity contribution is 5.94. The first-order chi connectivity index (χ1) is 12.7. The van der Waals surface area contributed by atoms with E-state index < -0.39 is 5.91 Å². The van der Waals surface area contributed by atoms with E-state index in [0.717, 1.165) is 11.3 Å². The first kappa shape index (κ1) is 17.2. The molecule has 3 N–H and O–H groups in total. The normalized spacial score (nSPS) is 10.8. The van der Waals surface area contributed by atoms with Gasteiger partial charge in [0.2, 0.25) is 0 Å². The highest BCUT2D eigenvalue weighted by Gasteiger charge is 2.10. The van der Waals surface area contributed by atoms with Gasteiger partial charge in [-0.25, -0.2) is 5.43 Å². The maximum atomic E-state index is 12.1. The topological polar surface area (TPSA) is 99.6 Å². The molecule has 0 spiro atoms. The van der Waals surface area contributed by atoms with Crippen LogP contribution in [0.3, 0.4) is 0 Å². The van der Waals surface area contributed by atoms with Crippen molar-refractivity contribution in [1.29, 1.82) is 0 Å². The number of amides is 1. The molecule has 0 radical (unpaired) electrons.